The third-order valence-electron chi connectivity index (χ3n) is 1.81. The van der Waals surface area contributed by atoms with E-state index in [1.165, 1.54) is 6.47 Å². The van der Waals surface area contributed by atoms with E-state index in [4.69, 9.17) is 14.2 Å². The molecule has 0 amide bonds. The Bertz CT molecular complexity index is 343. The molecule has 17 heavy (non-hydrogen) atoms. The number of benzene rings is 1. The smallest absolute Gasteiger partial charge is 0.423 e. The molecule has 0 unspecified atom stereocenters. The molecule has 0 spiro atoms. The number of ether oxygens (including phenoxy) is 3. The van der Waals surface area contributed by atoms with Gasteiger partial charge < -0.3 is 14.2 Å². The van der Waals surface area contributed by atoms with Gasteiger partial charge in [-0.05, 0) is 39.8 Å². The fraction of sp³-hybridized carbons (Fsp3) is 0.462. The summed E-state index contributed by atoms with van der Waals surface area (Å²) in [5.41, 5.74) is 0. The van der Waals surface area contributed by atoms with E-state index in [2.05, 4.69) is 0 Å². The van der Waals surface area contributed by atoms with Crippen molar-refractivity contribution in [3.63, 3.8) is 0 Å². The molecule has 0 fully saturated rings. The monoisotopic (exact) mass is 237 g/mol. The van der Waals surface area contributed by atoms with Crippen molar-refractivity contribution in [1.82, 2.24) is 0 Å². The van der Waals surface area contributed by atoms with Crippen LogP contribution in [0.15, 0.2) is 18.2 Å². The molecule has 0 aliphatic carbocycles. The number of hydrogen-bond donors (Lipinski definition) is 0. The summed E-state index contributed by atoms with van der Waals surface area (Å²) in [6.07, 6.45) is -0.0309. The van der Waals surface area contributed by atoms with Crippen molar-refractivity contribution in [2.45, 2.75) is 39.9 Å². The first-order chi connectivity index (χ1) is 8.04. The summed E-state index contributed by atoms with van der Waals surface area (Å²) in [6.45, 7) is 8.97. The van der Waals surface area contributed by atoms with Gasteiger partial charge in [-0.25, -0.2) is 4.79 Å². The molecule has 4 nitrogen and oxygen atoms in total. The zero-order chi connectivity index (χ0) is 12.8. The lowest BCUT2D eigenvalue weighted by atomic mass is 10.3. The third-order valence-corrected chi connectivity index (χ3v) is 1.81. The van der Waals surface area contributed by atoms with Crippen LogP contribution in [0.5, 0.6) is 17.2 Å². The average molecular weight is 237 g/mol. The minimum atomic E-state index is -0.0155. The molecule has 0 aromatic heterocycles. The summed E-state index contributed by atoms with van der Waals surface area (Å²) in [5.74, 6) is 1.22. The van der Waals surface area contributed by atoms with Gasteiger partial charge in [0.2, 0.25) is 5.75 Å². The molecule has 1 radical (unpaired) electrons. The summed E-state index contributed by atoms with van der Waals surface area (Å²) in [6, 6.07) is 5.23. The average Bonchev–Trinajstić information content (AvgIpc) is 2.21. The maximum Gasteiger partial charge on any atom is 0.423 e. The van der Waals surface area contributed by atoms with Crippen LogP contribution < -0.4 is 14.2 Å². The van der Waals surface area contributed by atoms with Gasteiger partial charge in [-0.15, -0.1) is 0 Å². The largest absolute Gasteiger partial charge is 0.487 e. The highest BCUT2D eigenvalue weighted by Crippen LogP contribution is 2.37. The second kappa shape index (κ2) is 6.13. The molecule has 1 rings (SSSR count). The van der Waals surface area contributed by atoms with Crippen LogP contribution in [0.4, 0.5) is 0 Å². The van der Waals surface area contributed by atoms with Gasteiger partial charge in [0.25, 0.3) is 0 Å². The van der Waals surface area contributed by atoms with E-state index in [1.54, 1.807) is 18.2 Å². The summed E-state index contributed by atoms with van der Waals surface area (Å²) >= 11 is 0. The van der Waals surface area contributed by atoms with Crippen molar-refractivity contribution in [3.05, 3.63) is 18.2 Å². The second-order valence-electron chi connectivity index (χ2n) is 4.10. The minimum Gasteiger partial charge on any atom is -0.487 e. The molecule has 0 bridgehead atoms. The first-order valence-corrected chi connectivity index (χ1v) is 5.55. The zero-order valence-corrected chi connectivity index (χ0v) is 10.5. The molecule has 0 saturated heterocycles. The molecule has 0 saturated carbocycles. The molecule has 93 valence electrons. The fourth-order valence-corrected chi connectivity index (χ4v) is 1.33. The van der Waals surface area contributed by atoms with Gasteiger partial charge in [0.1, 0.15) is 0 Å². The van der Waals surface area contributed by atoms with Crippen molar-refractivity contribution in [2.75, 3.05) is 0 Å². The van der Waals surface area contributed by atoms with Gasteiger partial charge in [0.15, 0.2) is 11.5 Å². The first-order valence-electron chi connectivity index (χ1n) is 5.55. The second-order valence-corrected chi connectivity index (χ2v) is 4.10. The summed E-state index contributed by atoms with van der Waals surface area (Å²) < 4.78 is 15.9. The quantitative estimate of drug-likeness (QED) is 0.763. The highest BCUT2D eigenvalue weighted by Gasteiger charge is 2.15. The molecule has 1 aromatic carbocycles. The predicted molar refractivity (Wildman–Crippen MR) is 64.3 cm³/mol. The van der Waals surface area contributed by atoms with Crippen molar-refractivity contribution in [2.24, 2.45) is 0 Å². The SMILES string of the molecule is CC(C)Oc1cccc(OC(C)C)c1O[C]=O. The van der Waals surface area contributed by atoms with Crippen molar-refractivity contribution >= 4 is 6.47 Å². The van der Waals surface area contributed by atoms with Crippen LogP contribution in [-0.4, -0.2) is 18.7 Å². The predicted octanol–water partition coefficient (Wildman–Crippen LogP) is 2.71. The molecule has 0 aliphatic rings. The van der Waals surface area contributed by atoms with Gasteiger partial charge in [-0.2, -0.15) is 0 Å². The standard InChI is InChI=1S/C13H17O4/c1-9(2)16-11-6-5-7-12(17-10(3)4)13(11)15-8-14/h5-7,9-10H,1-4H3. The van der Waals surface area contributed by atoms with Crippen LogP contribution in [0, 0.1) is 0 Å². The Hall–Kier alpha value is -1.71. The van der Waals surface area contributed by atoms with E-state index in [-0.39, 0.29) is 18.0 Å². The summed E-state index contributed by atoms with van der Waals surface area (Å²) in [5, 5.41) is 0. The third kappa shape index (κ3) is 3.98. The lowest BCUT2D eigenvalue weighted by Crippen LogP contribution is -2.10. The number of rotatable bonds is 6. The Kier molecular flexibility index (Phi) is 4.82. The van der Waals surface area contributed by atoms with E-state index in [9.17, 15) is 4.79 Å². The Morgan fingerprint density at radius 3 is 1.82 bits per heavy atom. The van der Waals surface area contributed by atoms with Gasteiger partial charge in [0.05, 0.1) is 12.2 Å². The van der Waals surface area contributed by atoms with E-state index < -0.39 is 0 Å². The molecule has 0 atom stereocenters. The molecule has 0 N–H and O–H groups in total. The fourth-order valence-electron chi connectivity index (χ4n) is 1.33. The van der Waals surface area contributed by atoms with Crippen LogP contribution in [0.25, 0.3) is 0 Å². The van der Waals surface area contributed by atoms with Crippen LogP contribution in [0.3, 0.4) is 0 Å². The number of carbonyl (C=O) groups excluding carboxylic acids is 1. The molecular formula is C13H17O4. The Morgan fingerprint density at radius 1 is 1.00 bits per heavy atom. The van der Waals surface area contributed by atoms with E-state index in [0.717, 1.165) is 0 Å². The molecule has 0 aliphatic heterocycles. The molecule has 0 heterocycles. The molecular weight excluding hydrogens is 220 g/mol. The van der Waals surface area contributed by atoms with Crippen LogP contribution in [-0.2, 0) is 4.79 Å². The van der Waals surface area contributed by atoms with Crippen LogP contribution in [0.2, 0.25) is 0 Å². The van der Waals surface area contributed by atoms with E-state index in [1.807, 2.05) is 27.7 Å². The van der Waals surface area contributed by atoms with Crippen molar-refractivity contribution in [1.29, 1.82) is 0 Å². The topological polar surface area (TPSA) is 44.8 Å². The van der Waals surface area contributed by atoms with Gasteiger partial charge in [0, 0.05) is 0 Å². The Balaban J connectivity index is 3.06. The summed E-state index contributed by atoms with van der Waals surface area (Å²) in [4.78, 5) is 10.4. The van der Waals surface area contributed by atoms with E-state index in [0.29, 0.717) is 11.5 Å². The summed E-state index contributed by atoms with van der Waals surface area (Å²) in [7, 11) is 0. The van der Waals surface area contributed by atoms with Crippen molar-refractivity contribution in [3.8, 4) is 17.2 Å². The Morgan fingerprint density at radius 2 is 1.47 bits per heavy atom. The van der Waals surface area contributed by atoms with Crippen molar-refractivity contribution < 1.29 is 19.0 Å². The van der Waals surface area contributed by atoms with Gasteiger partial charge in [-0.1, -0.05) is 6.07 Å². The lowest BCUT2D eigenvalue weighted by molar-refractivity contribution is 0.216. The van der Waals surface area contributed by atoms with Gasteiger partial charge in [-0.3, -0.25) is 0 Å². The first kappa shape index (κ1) is 13.4. The molecule has 4 heteroatoms. The number of para-hydroxylation sites is 1. The normalized spacial score (nSPS) is 10.5. The Labute approximate surface area is 101 Å². The van der Waals surface area contributed by atoms with E-state index >= 15 is 0 Å². The lowest BCUT2D eigenvalue weighted by Gasteiger charge is -2.17. The molecule has 1 aromatic rings. The number of hydrogen-bond acceptors (Lipinski definition) is 4. The zero-order valence-electron chi connectivity index (χ0n) is 10.5. The minimum absolute atomic E-state index is 0.0155. The maximum absolute atomic E-state index is 10.4. The highest BCUT2D eigenvalue weighted by atomic mass is 16.6. The van der Waals surface area contributed by atoms with Crippen LogP contribution >= 0.6 is 0 Å². The highest BCUT2D eigenvalue weighted by molar-refractivity contribution is 5.58. The van der Waals surface area contributed by atoms with Gasteiger partial charge >= 0.3 is 6.47 Å². The maximum atomic E-state index is 10.4. The van der Waals surface area contributed by atoms with Crippen LogP contribution in [0.1, 0.15) is 27.7 Å².